The number of hydrogen-bond acceptors (Lipinski definition) is 5. The number of oxime groups is 1. The Bertz CT molecular complexity index is 929. The zero-order valence-corrected chi connectivity index (χ0v) is 15.6. The number of nitriles is 1. The Balaban J connectivity index is 1.46. The molecule has 2 heterocycles. The van der Waals surface area contributed by atoms with Gasteiger partial charge in [0.2, 0.25) is 6.10 Å². The quantitative estimate of drug-likeness (QED) is 0.822. The van der Waals surface area contributed by atoms with Crippen molar-refractivity contribution in [2.45, 2.75) is 31.8 Å². The highest BCUT2D eigenvalue weighted by molar-refractivity contribution is 9.10. The first-order valence-corrected chi connectivity index (χ1v) is 9.61. The van der Waals surface area contributed by atoms with Crippen molar-refractivity contribution in [1.29, 1.82) is 5.26 Å². The highest BCUT2D eigenvalue weighted by Crippen LogP contribution is 2.38. The van der Waals surface area contributed by atoms with Gasteiger partial charge in [0.15, 0.2) is 0 Å². The molecule has 1 amide bonds. The van der Waals surface area contributed by atoms with E-state index in [0.29, 0.717) is 17.0 Å². The fourth-order valence-corrected chi connectivity index (χ4v) is 4.80. The van der Waals surface area contributed by atoms with Gasteiger partial charge in [-0.25, -0.2) is 0 Å². The fraction of sp³-hybridized carbons (Fsp3) is 0.278. The molecule has 126 valence electrons. The van der Waals surface area contributed by atoms with Gasteiger partial charge in [-0.2, -0.15) is 5.26 Å². The number of fused-ring (bicyclic) bond motifs is 1. The molecule has 7 heteroatoms. The van der Waals surface area contributed by atoms with Crippen LogP contribution in [-0.4, -0.2) is 17.7 Å². The lowest BCUT2D eigenvalue weighted by atomic mass is 10.0. The summed E-state index contributed by atoms with van der Waals surface area (Å²) in [5.41, 5.74) is 3.38. The topological polar surface area (TPSA) is 74.5 Å². The number of thiophene rings is 1. The van der Waals surface area contributed by atoms with Crippen LogP contribution in [0.15, 0.2) is 33.9 Å². The van der Waals surface area contributed by atoms with Crippen molar-refractivity contribution in [3.8, 4) is 6.07 Å². The average molecular weight is 416 g/mol. The lowest BCUT2D eigenvalue weighted by Gasteiger charge is -2.08. The Kier molecular flexibility index (Phi) is 4.32. The lowest BCUT2D eigenvalue weighted by Crippen LogP contribution is -2.28. The summed E-state index contributed by atoms with van der Waals surface area (Å²) in [4.78, 5) is 19.1. The molecule has 1 aromatic carbocycles. The third kappa shape index (κ3) is 3.08. The molecule has 2 aromatic rings. The molecular weight excluding hydrogens is 402 g/mol. The molecular formula is C18H14BrN3O2S. The number of nitrogens with one attached hydrogen (secondary N) is 1. The second-order valence-electron chi connectivity index (χ2n) is 6.01. The van der Waals surface area contributed by atoms with Crippen LogP contribution in [0.3, 0.4) is 0 Å². The van der Waals surface area contributed by atoms with Gasteiger partial charge in [0.1, 0.15) is 11.1 Å². The fourth-order valence-electron chi connectivity index (χ4n) is 3.16. The predicted molar refractivity (Wildman–Crippen MR) is 99.9 cm³/mol. The van der Waals surface area contributed by atoms with E-state index >= 15 is 0 Å². The molecule has 0 spiro atoms. The third-order valence-electron chi connectivity index (χ3n) is 4.39. The number of halogens is 1. The normalized spacial score (nSPS) is 18.2. The van der Waals surface area contributed by atoms with E-state index in [0.717, 1.165) is 40.6 Å². The van der Waals surface area contributed by atoms with Gasteiger partial charge in [-0.15, -0.1) is 11.3 Å². The highest BCUT2D eigenvalue weighted by Gasteiger charge is 2.31. The van der Waals surface area contributed by atoms with E-state index in [4.69, 9.17) is 4.84 Å². The predicted octanol–water partition coefficient (Wildman–Crippen LogP) is 4.00. The minimum absolute atomic E-state index is 0.259. The smallest absolute Gasteiger partial charge is 0.269 e. The van der Waals surface area contributed by atoms with Crippen molar-refractivity contribution in [3.63, 3.8) is 0 Å². The molecule has 5 nitrogen and oxygen atoms in total. The molecule has 0 radical (unpaired) electrons. The summed E-state index contributed by atoms with van der Waals surface area (Å²) < 4.78 is 0.951. The molecule has 0 saturated carbocycles. The first-order valence-electron chi connectivity index (χ1n) is 8.00. The van der Waals surface area contributed by atoms with E-state index in [1.165, 1.54) is 16.2 Å². The minimum Gasteiger partial charge on any atom is -0.382 e. The van der Waals surface area contributed by atoms with Crippen LogP contribution in [0.2, 0.25) is 0 Å². The van der Waals surface area contributed by atoms with Crippen molar-refractivity contribution >= 4 is 43.9 Å². The van der Waals surface area contributed by atoms with Crippen LogP contribution in [0.25, 0.3) is 0 Å². The molecule has 4 rings (SSSR count). The van der Waals surface area contributed by atoms with E-state index in [9.17, 15) is 10.1 Å². The molecule has 25 heavy (non-hydrogen) atoms. The maximum atomic E-state index is 12.5. The molecule has 2 aliphatic rings. The maximum Gasteiger partial charge on any atom is 0.269 e. The van der Waals surface area contributed by atoms with Crippen molar-refractivity contribution in [2.24, 2.45) is 5.16 Å². The zero-order chi connectivity index (χ0) is 17.4. The number of aryl methyl sites for hydroxylation is 1. The van der Waals surface area contributed by atoms with E-state index in [2.05, 4.69) is 32.5 Å². The third-order valence-corrected chi connectivity index (χ3v) is 6.09. The second-order valence-corrected chi connectivity index (χ2v) is 8.03. The van der Waals surface area contributed by atoms with Crippen molar-refractivity contribution in [3.05, 3.63) is 50.3 Å². The summed E-state index contributed by atoms with van der Waals surface area (Å²) >= 11 is 4.94. The monoisotopic (exact) mass is 415 g/mol. The molecule has 1 aromatic heterocycles. The van der Waals surface area contributed by atoms with Gasteiger partial charge < -0.3 is 10.2 Å². The van der Waals surface area contributed by atoms with Crippen LogP contribution in [0.1, 0.15) is 34.4 Å². The molecule has 1 aliphatic carbocycles. The van der Waals surface area contributed by atoms with Crippen molar-refractivity contribution < 1.29 is 9.63 Å². The van der Waals surface area contributed by atoms with Crippen LogP contribution in [0.5, 0.6) is 0 Å². The summed E-state index contributed by atoms with van der Waals surface area (Å²) in [6.45, 7) is 0. The van der Waals surface area contributed by atoms with Crippen molar-refractivity contribution in [2.75, 3.05) is 5.32 Å². The number of rotatable bonds is 3. The van der Waals surface area contributed by atoms with Crippen molar-refractivity contribution in [1.82, 2.24) is 0 Å². The van der Waals surface area contributed by atoms with Gasteiger partial charge in [-0.1, -0.05) is 33.2 Å². The molecule has 0 saturated heterocycles. The SMILES string of the molecule is N#Cc1c(NC(=O)[C@@H]2CC(c3cccc(Br)c3)=NO2)sc2c1CCC2. The van der Waals surface area contributed by atoms with Crippen LogP contribution >= 0.6 is 27.3 Å². The summed E-state index contributed by atoms with van der Waals surface area (Å²) in [6.07, 6.45) is 2.73. The first kappa shape index (κ1) is 16.3. The Morgan fingerprint density at radius 3 is 3.12 bits per heavy atom. The lowest BCUT2D eigenvalue weighted by molar-refractivity contribution is -0.125. The molecule has 1 aliphatic heterocycles. The van der Waals surface area contributed by atoms with Crippen LogP contribution in [0.4, 0.5) is 5.00 Å². The summed E-state index contributed by atoms with van der Waals surface area (Å²) in [7, 11) is 0. The maximum absolute atomic E-state index is 12.5. The molecule has 0 unspecified atom stereocenters. The van der Waals surface area contributed by atoms with E-state index < -0.39 is 6.10 Å². The van der Waals surface area contributed by atoms with Gasteiger partial charge in [0, 0.05) is 21.3 Å². The number of nitrogens with zero attached hydrogens (tertiary/aromatic N) is 2. The van der Waals surface area contributed by atoms with Gasteiger partial charge >= 0.3 is 0 Å². The standard InChI is InChI=1S/C18H14BrN3O2S/c19-11-4-1-3-10(7-11)14-8-15(24-22-14)17(23)21-18-13(9-20)12-5-2-6-16(12)25-18/h1,3-4,7,15H,2,5-6,8H2,(H,21,23)/t15-/m0/s1. The number of carbonyl (C=O) groups is 1. The summed E-state index contributed by atoms with van der Waals surface area (Å²) in [5, 5.41) is 17.0. The number of hydrogen-bond donors (Lipinski definition) is 1. The minimum atomic E-state index is -0.669. The summed E-state index contributed by atoms with van der Waals surface area (Å²) in [6, 6.07) is 9.97. The van der Waals surface area contributed by atoms with E-state index in [1.54, 1.807) is 0 Å². The number of carbonyl (C=O) groups excluding carboxylic acids is 1. The van der Waals surface area contributed by atoms with Crippen LogP contribution in [0, 0.1) is 11.3 Å². The van der Waals surface area contributed by atoms with Gasteiger partial charge in [0.25, 0.3) is 5.91 Å². The average Bonchev–Trinajstić information content (AvgIpc) is 3.30. The highest BCUT2D eigenvalue weighted by atomic mass is 79.9. The molecule has 0 fully saturated rings. The van der Waals surface area contributed by atoms with E-state index in [-0.39, 0.29) is 5.91 Å². The van der Waals surface area contributed by atoms with Crippen LogP contribution < -0.4 is 5.32 Å². The molecule has 1 N–H and O–H groups in total. The Morgan fingerprint density at radius 1 is 1.44 bits per heavy atom. The second kappa shape index (κ2) is 6.62. The molecule has 1 atom stereocenters. The Morgan fingerprint density at radius 2 is 2.32 bits per heavy atom. The number of anilines is 1. The largest absolute Gasteiger partial charge is 0.382 e. The molecule has 0 bridgehead atoms. The van der Waals surface area contributed by atoms with Crippen LogP contribution in [-0.2, 0) is 22.5 Å². The number of benzene rings is 1. The Hall–Kier alpha value is -2.17. The zero-order valence-electron chi connectivity index (χ0n) is 13.2. The Labute approximate surface area is 157 Å². The van der Waals surface area contributed by atoms with Gasteiger partial charge in [0.05, 0.1) is 11.3 Å². The summed E-state index contributed by atoms with van der Waals surface area (Å²) in [5.74, 6) is -0.259. The van der Waals surface area contributed by atoms with Gasteiger partial charge in [-0.3, -0.25) is 4.79 Å². The van der Waals surface area contributed by atoms with E-state index in [1.807, 2.05) is 24.3 Å². The first-order chi connectivity index (χ1) is 12.2. The number of amides is 1. The van der Waals surface area contributed by atoms with Gasteiger partial charge in [-0.05, 0) is 37.0 Å².